The second kappa shape index (κ2) is 6.63. The minimum atomic E-state index is -0.459. The highest BCUT2D eigenvalue weighted by Gasteiger charge is 2.13. The van der Waals surface area contributed by atoms with E-state index in [0.29, 0.717) is 11.3 Å². The maximum atomic E-state index is 10.8. The maximum absolute atomic E-state index is 10.8. The van der Waals surface area contributed by atoms with Gasteiger partial charge in [-0.3, -0.25) is 10.1 Å². The molecular formula is C14H11NO4S. The van der Waals surface area contributed by atoms with Crippen LogP contribution in [0, 0.1) is 10.1 Å². The molecule has 0 saturated carbocycles. The van der Waals surface area contributed by atoms with E-state index in [9.17, 15) is 10.1 Å². The second-order valence-corrected chi connectivity index (χ2v) is 4.17. The van der Waals surface area contributed by atoms with Gasteiger partial charge in [-0.25, -0.2) is 0 Å². The number of nitro benzene ring substituents is 1. The molecule has 0 N–H and O–H groups in total. The summed E-state index contributed by atoms with van der Waals surface area (Å²) in [6.45, 7) is -0.0111. The number of para-hydroxylation sites is 2. The van der Waals surface area contributed by atoms with Gasteiger partial charge in [-0.05, 0) is 18.2 Å². The molecule has 0 aliphatic rings. The molecule has 2 rings (SSSR count). The Labute approximate surface area is 120 Å². The van der Waals surface area contributed by atoms with Crippen LogP contribution < -0.4 is 4.74 Å². The van der Waals surface area contributed by atoms with Gasteiger partial charge >= 0.3 is 5.24 Å². The fraction of sp³-hybridized carbons (Fsp3) is 0.0714. The minimum Gasteiger partial charge on any atom is -0.451 e. The molecule has 0 aliphatic carbocycles. The molecule has 0 amide bonds. The highest BCUT2D eigenvalue weighted by atomic mass is 32.1. The Morgan fingerprint density at radius 3 is 2.45 bits per heavy atom. The molecule has 0 heterocycles. The van der Waals surface area contributed by atoms with Gasteiger partial charge in [0, 0.05) is 18.3 Å². The third-order valence-corrected chi connectivity index (χ3v) is 2.68. The van der Waals surface area contributed by atoms with Crippen molar-refractivity contribution in [1.82, 2.24) is 0 Å². The zero-order chi connectivity index (χ0) is 14.4. The fourth-order valence-corrected chi connectivity index (χ4v) is 1.72. The van der Waals surface area contributed by atoms with Gasteiger partial charge < -0.3 is 9.47 Å². The van der Waals surface area contributed by atoms with Crippen LogP contribution in [0.3, 0.4) is 0 Å². The first-order valence-electron chi connectivity index (χ1n) is 5.79. The summed E-state index contributed by atoms with van der Waals surface area (Å²) in [7, 11) is 0. The van der Waals surface area contributed by atoms with E-state index in [4.69, 9.17) is 21.7 Å². The van der Waals surface area contributed by atoms with Crippen molar-refractivity contribution in [2.24, 2.45) is 0 Å². The first kappa shape index (κ1) is 14.0. The van der Waals surface area contributed by atoms with Crippen molar-refractivity contribution >= 4 is 23.1 Å². The summed E-state index contributed by atoms with van der Waals surface area (Å²) in [5, 5.41) is 10.8. The van der Waals surface area contributed by atoms with Crippen LogP contribution in [0.2, 0.25) is 0 Å². The SMILES string of the molecule is O=[N+]([O-])c1ccccc1COC(=S)Oc1ccccc1. The summed E-state index contributed by atoms with van der Waals surface area (Å²) in [6.07, 6.45) is 0. The number of hydrogen-bond donors (Lipinski definition) is 0. The molecule has 0 atom stereocenters. The van der Waals surface area contributed by atoms with E-state index in [1.165, 1.54) is 6.07 Å². The molecule has 102 valence electrons. The van der Waals surface area contributed by atoms with Crippen LogP contribution in [0.4, 0.5) is 5.69 Å². The lowest BCUT2D eigenvalue weighted by atomic mass is 10.2. The Balaban J connectivity index is 1.96. The Morgan fingerprint density at radius 1 is 1.10 bits per heavy atom. The second-order valence-electron chi connectivity index (χ2n) is 3.84. The molecule has 0 bridgehead atoms. The van der Waals surface area contributed by atoms with E-state index >= 15 is 0 Å². The summed E-state index contributed by atoms with van der Waals surface area (Å²) < 4.78 is 10.5. The van der Waals surface area contributed by atoms with E-state index in [1.54, 1.807) is 42.5 Å². The van der Waals surface area contributed by atoms with E-state index < -0.39 is 4.92 Å². The zero-order valence-electron chi connectivity index (χ0n) is 10.4. The number of rotatable bonds is 4. The standard InChI is InChI=1S/C14H11NO4S/c16-15(17)13-9-5-4-6-11(13)10-18-14(20)19-12-7-2-1-3-8-12/h1-9H,10H2. The number of nitrogens with zero attached hydrogens (tertiary/aromatic N) is 1. The van der Waals surface area contributed by atoms with Gasteiger partial charge in [0.05, 0.1) is 10.5 Å². The molecule has 0 saturated heterocycles. The predicted molar refractivity (Wildman–Crippen MR) is 77.6 cm³/mol. The van der Waals surface area contributed by atoms with E-state index in [-0.39, 0.29) is 17.5 Å². The van der Waals surface area contributed by atoms with Gasteiger partial charge in [-0.2, -0.15) is 0 Å². The molecule has 6 heteroatoms. The lowest BCUT2D eigenvalue weighted by Gasteiger charge is -2.08. The van der Waals surface area contributed by atoms with E-state index in [2.05, 4.69) is 0 Å². The molecule has 0 unspecified atom stereocenters. The zero-order valence-corrected chi connectivity index (χ0v) is 11.2. The van der Waals surface area contributed by atoms with Crippen LogP contribution in [0.5, 0.6) is 5.75 Å². The highest BCUT2D eigenvalue weighted by Crippen LogP contribution is 2.19. The van der Waals surface area contributed by atoms with Crippen molar-refractivity contribution in [3.8, 4) is 5.75 Å². The van der Waals surface area contributed by atoms with Crippen molar-refractivity contribution in [2.75, 3.05) is 0 Å². The summed E-state index contributed by atoms with van der Waals surface area (Å²) >= 11 is 4.93. The minimum absolute atomic E-state index is 0.00462. The molecule has 0 spiro atoms. The molecule has 2 aromatic carbocycles. The fourth-order valence-electron chi connectivity index (χ4n) is 1.56. The van der Waals surface area contributed by atoms with Crippen LogP contribution in [-0.4, -0.2) is 10.2 Å². The van der Waals surface area contributed by atoms with Crippen LogP contribution in [0.1, 0.15) is 5.56 Å². The number of nitro groups is 1. The number of ether oxygens (including phenoxy) is 2. The normalized spacial score (nSPS) is 9.80. The summed E-state index contributed by atoms with van der Waals surface area (Å²) in [4.78, 5) is 10.4. The van der Waals surface area contributed by atoms with Gasteiger partial charge in [0.25, 0.3) is 5.69 Å². The third-order valence-electron chi connectivity index (χ3n) is 2.48. The van der Waals surface area contributed by atoms with Crippen molar-refractivity contribution in [1.29, 1.82) is 0 Å². The van der Waals surface area contributed by atoms with Gasteiger partial charge in [0.2, 0.25) is 0 Å². The molecule has 5 nitrogen and oxygen atoms in total. The largest absolute Gasteiger partial charge is 0.451 e. The highest BCUT2D eigenvalue weighted by molar-refractivity contribution is 7.79. The maximum Gasteiger partial charge on any atom is 0.358 e. The van der Waals surface area contributed by atoms with Crippen molar-refractivity contribution in [3.05, 3.63) is 70.3 Å². The lowest BCUT2D eigenvalue weighted by molar-refractivity contribution is -0.385. The Morgan fingerprint density at radius 2 is 1.75 bits per heavy atom. The monoisotopic (exact) mass is 289 g/mol. The first-order valence-corrected chi connectivity index (χ1v) is 6.19. The van der Waals surface area contributed by atoms with E-state index in [0.717, 1.165) is 0 Å². The van der Waals surface area contributed by atoms with E-state index in [1.807, 2.05) is 6.07 Å². The first-order chi connectivity index (χ1) is 9.66. The predicted octanol–water partition coefficient (Wildman–Crippen LogP) is 3.48. The van der Waals surface area contributed by atoms with Gasteiger partial charge in [0.15, 0.2) is 0 Å². The van der Waals surface area contributed by atoms with Gasteiger partial charge in [0.1, 0.15) is 12.4 Å². The average Bonchev–Trinajstić information content (AvgIpc) is 2.46. The summed E-state index contributed by atoms with van der Waals surface area (Å²) in [5.41, 5.74) is 0.437. The topological polar surface area (TPSA) is 61.6 Å². The van der Waals surface area contributed by atoms with Crippen molar-refractivity contribution in [2.45, 2.75) is 6.61 Å². The molecule has 0 aliphatic heterocycles. The van der Waals surface area contributed by atoms with Crippen LogP contribution in [-0.2, 0) is 11.3 Å². The van der Waals surface area contributed by atoms with Crippen LogP contribution in [0.15, 0.2) is 54.6 Å². The molecule has 2 aromatic rings. The molecule has 0 aromatic heterocycles. The Kier molecular flexibility index (Phi) is 4.62. The Hall–Kier alpha value is -2.47. The van der Waals surface area contributed by atoms with Crippen LogP contribution in [0.25, 0.3) is 0 Å². The number of benzene rings is 2. The molecular weight excluding hydrogens is 278 g/mol. The smallest absolute Gasteiger partial charge is 0.358 e. The molecule has 0 radical (unpaired) electrons. The number of hydrogen-bond acceptors (Lipinski definition) is 5. The average molecular weight is 289 g/mol. The molecule has 0 fully saturated rings. The molecule has 20 heavy (non-hydrogen) atoms. The lowest BCUT2D eigenvalue weighted by Crippen LogP contribution is -2.10. The Bertz CT molecular complexity index is 616. The van der Waals surface area contributed by atoms with Crippen LogP contribution >= 0.6 is 12.2 Å². The number of thiocarbonyl (C=S) groups is 1. The van der Waals surface area contributed by atoms with Crippen molar-refractivity contribution in [3.63, 3.8) is 0 Å². The van der Waals surface area contributed by atoms with Crippen molar-refractivity contribution < 1.29 is 14.4 Å². The van der Waals surface area contributed by atoms with Gasteiger partial charge in [-0.1, -0.05) is 30.3 Å². The quantitative estimate of drug-likeness (QED) is 0.490. The summed E-state index contributed by atoms with van der Waals surface area (Å²) in [6, 6.07) is 15.3. The third kappa shape index (κ3) is 3.76. The van der Waals surface area contributed by atoms with Gasteiger partial charge in [-0.15, -0.1) is 0 Å². The summed E-state index contributed by atoms with van der Waals surface area (Å²) in [5.74, 6) is 0.556.